The molecule has 5 heteroatoms. The zero-order chi connectivity index (χ0) is 5.98. The minimum atomic E-state index is -1.07. The maximum atomic E-state index is 9.78. The van der Waals surface area contributed by atoms with Crippen molar-refractivity contribution in [1.29, 1.82) is 0 Å². The molecule has 0 saturated heterocycles. The van der Waals surface area contributed by atoms with E-state index >= 15 is 0 Å². The first-order valence-electron chi connectivity index (χ1n) is 1.99. The summed E-state index contributed by atoms with van der Waals surface area (Å²) in [6.07, 6.45) is 1.55. The maximum absolute atomic E-state index is 9.78. The van der Waals surface area contributed by atoms with Gasteiger partial charge in [0.2, 0.25) is 0 Å². The second-order valence-corrected chi connectivity index (χ2v) is 1.23. The standard InChI is InChI=1S/C3H3N3O2/c7-6(8)3-4-1-2-5-3/h1-3H. The Morgan fingerprint density at radius 3 is 2.25 bits per heavy atom. The average Bonchev–Trinajstić information content (AvgIpc) is 2.12. The van der Waals surface area contributed by atoms with E-state index in [1.165, 1.54) is 12.4 Å². The second kappa shape index (κ2) is 1.69. The van der Waals surface area contributed by atoms with Gasteiger partial charge in [-0.15, -0.1) is 0 Å². The van der Waals surface area contributed by atoms with Crippen LogP contribution in [0.3, 0.4) is 0 Å². The van der Waals surface area contributed by atoms with Gasteiger partial charge in [-0.3, -0.25) is 10.1 Å². The van der Waals surface area contributed by atoms with Crippen molar-refractivity contribution in [1.82, 2.24) is 0 Å². The number of hydrogen-bond donors (Lipinski definition) is 0. The third kappa shape index (κ3) is 0.699. The van der Waals surface area contributed by atoms with Gasteiger partial charge in [-0.25, -0.2) is 0 Å². The predicted molar refractivity (Wildman–Crippen MR) is 27.8 cm³/mol. The summed E-state index contributed by atoms with van der Waals surface area (Å²) in [6, 6.07) is 0. The summed E-state index contributed by atoms with van der Waals surface area (Å²) in [5, 5.41) is 9.78. The Balaban J connectivity index is 2.62. The van der Waals surface area contributed by atoms with Crippen molar-refractivity contribution in [3.8, 4) is 0 Å². The highest BCUT2D eigenvalue weighted by molar-refractivity contribution is 6.17. The highest BCUT2D eigenvalue weighted by Crippen LogP contribution is 1.95. The van der Waals surface area contributed by atoms with Crippen LogP contribution in [-0.2, 0) is 0 Å². The van der Waals surface area contributed by atoms with Crippen LogP contribution in [0.2, 0.25) is 0 Å². The molecule has 1 aliphatic heterocycles. The molecule has 0 N–H and O–H groups in total. The van der Waals surface area contributed by atoms with Crippen molar-refractivity contribution in [2.24, 2.45) is 9.98 Å². The number of aliphatic imine (C=N–C) groups is 2. The molecule has 0 aromatic rings. The Bertz CT molecular complexity index is 150. The quantitative estimate of drug-likeness (QED) is 0.346. The molecule has 0 radical (unpaired) electrons. The van der Waals surface area contributed by atoms with Crippen molar-refractivity contribution in [2.75, 3.05) is 0 Å². The zero-order valence-electron chi connectivity index (χ0n) is 3.89. The highest BCUT2D eigenvalue weighted by Gasteiger charge is 2.15. The van der Waals surface area contributed by atoms with Gasteiger partial charge < -0.3 is 0 Å². The molecule has 1 rings (SSSR count). The van der Waals surface area contributed by atoms with E-state index in [0.717, 1.165) is 0 Å². The molecule has 1 aliphatic rings. The van der Waals surface area contributed by atoms with Crippen LogP contribution in [0.25, 0.3) is 0 Å². The average molecular weight is 113 g/mol. The summed E-state index contributed by atoms with van der Waals surface area (Å²) in [4.78, 5) is 16.0. The summed E-state index contributed by atoms with van der Waals surface area (Å²) in [5.74, 6) is 0. The van der Waals surface area contributed by atoms with Crippen LogP contribution < -0.4 is 0 Å². The van der Waals surface area contributed by atoms with Gasteiger partial charge >= 0.3 is 6.29 Å². The van der Waals surface area contributed by atoms with Gasteiger partial charge in [0.1, 0.15) is 0 Å². The van der Waals surface area contributed by atoms with Gasteiger partial charge in [0, 0.05) is 12.4 Å². The highest BCUT2D eigenvalue weighted by atomic mass is 16.6. The molecule has 0 unspecified atom stereocenters. The lowest BCUT2D eigenvalue weighted by Gasteiger charge is -1.88. The molecule has 0 fully saturated rings. The SMILES string of the molecule is O=[N+]([O-])C1N=CC=N1. The van der Waals surface area contributed by atoms with E-state index in [-0.39, 0.29) is 0 Å². The minimum absolute atomic E-state index is 0.556. The molecule has 0 aromatic heterocycles. The van der Waals surface area contributed by atoms with Crippen LogP contribution in [0.15, 0.2) is 9.98 Å². The smallest absolute Gasteiger partial charge is 0.261 e. The molecule has 0 saturated carbocycles. The first kappa shape index (κ1) is 4.89. The molecule has 0 spiro atoms. The number of nitro groups is 1. The van der Waals surface area contributed by atoms with Gasteiger partial charge in [-0.05, 0) is 0 Å². The van der Waals surface area contributed by atoms with Crippen molar-refractivity contribution < 1.29 is 4.92 Å². The lowest BCUT2D eigenvalue weighted by Crippen LogP contribution is -2.10. The molecular formula is C3H3N3O2. The lowest BCUT2D eigenvalue weighted by molar-refractivity contribution is -0.517. The van der Waals surface area contributed by atoms with E-state index in [2.05, 4.69) is 9.98 Å². The van der Waals surface area contributed by atoms with Gasteiger partial charge in [-0.1, -0.05) is 0 Å². The summed E-state index contributed by atoms with van der Waals surface area (Å²) in [7, 11) is 0. The van der Waals surface area contributed by atoms with Gasteiger partial charge in [-0.2, -0.15) is 9.98 Å². The molecule has 1 heterocycles. The minimum Gasteiger partial charge on any atom is -0.261 e. The molecule has 5 nitrogen and oxygen atoms in total. The van der Waals surface area contributed by atoms with E-state index < -0.39 is 11.2 Å². The third-order valence-corrected chi connectivity index (χ3v) is 0.694. The molecule has 0 bridgehead atoms. The normalized spacial score (nSPS) is 17.5. The molecule has 8 heavy (non-hydrogen) atoms. The van der Waals surface area contributed by atoms with Crippen molar-refractivity contribution >= 4 is 12.4 Å². The van der Waals surface area contributed by atoms with Gasteiger partial charge in [0.05, 0.1) is 4.92 Å². The van der Waals surface area contributed by atoms with Crippen molar-refractivity contribution in [2.45, 2.75) is 6.29 Å². The largest absolute Gasteiger partial charge is 0.402 e. The number of hydrogen-bond acceptors (Lipinski definition) is 4. The summed E-state index contributed by atoms with van der Waals surface area (Å²) < 4.78 is 0. The number of rotatable bonds is 1. The fraction of sp³-hybridized carbons (Fsp3) is 0.333. The molecule has 0 aliphatic carbocycles. The third-order valence-electron chi connectivity index (χ3n) is 0.694. The van der Waals surface area contributed by atoms with Crippen molar-refractivity contribution in [3.05, 3.63) is 10.1 Å². The van der Waals surface area contributed by atoms with Gasteiger partial charge in [0.15, 0.2) is 0 Å². The second-order valence-electron chi connectivity index (χ2n) is 1.23. The first-order chi connectivity index (χ1) is 3.80. The van der Waals surface area contributed by atoms with E-state index in [9.17, 15) is 10.1 Å². The molecule has 0 atom stereocenters. The van der Waals surface area contributed by atoms with E-state index in [4.69, 9.17) is 0 Å². The van der Waals surface area contributed by atoms with E-state index in [0.29, 0.717) is 0 Å². The lowest BCUT2D eigenvalue weighted by atomic mass is 10.9. The van der Waals surface area contributed by atoms with Gasteiger partial charge in [0.25, 0.3) is 0 Å². The number of nitrogens with zero attached hydrogens (tertiary/aromatic N) is 3. The van der Waals surface area contributed by atoms with E-state index in [1.807, 2.05) is 0 Å². The zero-order valence-corrected chi connectivity index (χ0v) is 3.89. The topological polar surface area (TPSA) is 67.9 Å². The Morgan fingerprint density at radius 2 is 2.00 bits per heavy atom. The van der Waals surface area contributed by atoms with Crippen LogP contribution >= 0.6 is 0 Å². The Morgan fingerprint density at radius 1 is 1.50 bits per heavy atom. The van der Waals surface area contributed by atoms with E-state index in [1.54, 1.807) is 0 Å². The Hall–Kier alpha value is -1.26. The molecule has 0 aromatic carbocycles. The Labute approximate surface area is 44.9 Å². The summed E-state index contributed by atoms with van der Waals surface area (Å²) in [5.41, 5.74) is 0. The van der Waals surface area contributed by atoms with Crippen LogP contribution in [0.4, 0.5) is 0 Å². The maximum Gasteiger partial charge on any atom is 0.402 e. The predicted octanol–water partition coefficient (Wildman–Crippen LogP) is -0.298. The van der Waals surface area contributed by atoms with Crippen LogP contribution in [0.5, 0.6) is 0 Å². The fourth-order valence-corrected chi connectivity index (χ4v) is 0.378. The molecular weight excluding hydrogens is 110 g/mol. The van der Waals surface area contributed by atoms with Crippen molar-refractivity contribution in [3.63, 3.8) is 0 Å². The van der Waals surface area contributed by atoms with Crippen LogP contribution in [0, 0.1) is 10.1 Å². The molecule has 42 valence electrons. The summed E-state index contributed by atoms with van der Waals surface area (Å²) in [6.45, 7) is 0. The van der Waals surface area contributed by atoms with Crippen LogP contribution in [0.1, 0.15) is 0 Å². The Kier molecular flexibility index (Phi) is 1.03. The fourth-order valence-electron chi connectivity index (χ4n) is 0.378. The molecule has 0 amide bonds. The van der Waals surface area contributed by atoms with Crippen LogP contribution in [-0.4, -0.2) is 23.6 Å². The monoisotopic (exact) mass is 113 g/mol. The summed E-state index contributed by atoms with van der Waals surface area (Å²) >= 11 is 0. The first-order valence-corrected chi connectivity index (χ1v) is 1.99.